The molecule has 0 unspecified atom stereocenters. The minimum Gasteiger partial charge on any atom is -0.322 e. The summed E-state index contributed by atoms with van der Waals surface area (Å²) in [7, 11) is 0. The highest BCUT2D eigenvalue weighted by Gasteiger charge is 2.06. The van der Waals surface area contributed by atoms with E-state index < -0.39 is 23.4 Å². The van der Waals surface area contributed by atoms with Gasteiger partial charge < -0.3 is 5.32 Å². The lowest BCUT2D eigenvalue weighted by Gasteiger charge is -2.03. The Labute approximate surface area is 123 Å². The molecule has 0 bridgehead atoms. The smallest absolute Gasteiger partial charge is 0.248 e. The van der Waals surface area contributed by atoms with Crippen LogP contribution in [0.1, 0.15) is 5.56 Å². The fourth-order valence-electron chi connectivity index (χ4n) is 1.59. The van der Waals surface area contributed by atoms with Crippen LogP contribution in [0.5, 0.6) is 0 Å². The Hall–Kier alpha value is -2.27. The third-order valence-electron chi connectivity index (χ3n) is 2.59. The van der Waals surface area contributed by atoms with E-state index in [9.17, 15) is 18.0 Å². The first-order valence-corrected chi connectivity index (χ1v) is 6.23. The second-order valence-corrected chi connectivity index (χ2v) is 4.49. The molecule has 0 aliphatic heterocycles. The molecule has 0 radical (unpaired) electrons. The van der Waals surface area contributed by atoms with Crippen molar-refractivity contribution in [3.63, 3.8) is 0 Å². The van der Waals surface area contributed by atoms with Gasteiger partial charge in [0.15, 0.2) is 11.6 Å². The van der Waals surface area contributed by atoms with Crippen LogP contribution < -0.4 is 5.32 Å². The van der Waals surface area contributed by atoms with E-state index in [2.05, 4.69) is 5.32 Å². The number of halogens is 4. The molecule has 0 aliphatic rings. The van der Waals surface area contributed by atoms with Crippen molar-refractivity contribution in [3.05, 3.63) is 70.5 Å². The van der Waals surface area contributed by atoms with Crippen molar-refractivity contribution in [2.75, 3.05) is 5.32 Å². The maximum Gasteiger partial charge on any atom is 0.248 e. The van der Waals surface area contributed by atoms with Gasteiger partial charge in [0.2, 0.25) is 5.91 Å². The van der Waals surface area contributed by atoms with Crippen LogP contribution in [0.15, 0.2) is 42.5 Å². The number of amides is 1. The van der Waals surface area contributed by atoms with E-state index in [1.165, 1.54) is 30.3 Å². The Morgan fingerprint density at radius 3 is 2.48 bits per heavy atom. The predicted molar refractivity (Wildman–Crippen MR) is 75.4 cm³/mol. The van der Waals surface area contributed by atoms with Gasteiger partial charge in [-0.25, -0.2) is 13.2 Å². The summed E-state index contributed by atoms with van der Waals surface area (Å²) in [4.78, 5) is 11.6. The van der Waals surface area contributed by atoms with Gasteiger partial charge in [0.05, 0.1) is 5.02 Å². The van der Waals surface area contributed by atoms with Crippen molar-refractivity contribution in [1.29, 1.82) is 0 Å². The Balaban J connectivity index is 2.11. The summed E-state index contributed by atoms with van der Waals surface area (Å²) < 4.78 is 39.2. The van der Waals surface area contributed by atoms with Gasteiger partial charge in [-0.15, -0.1) is 0 Å². The van der Waals surface area contributed by atoms with Crippen molar-refractivity contribution in [2.24, 2.45) is 0 Å². The van der Waals surface area contributed by atoms with Crippen molar-refractivity contribution in [1.82, 2.24) is 0 Å². The highest BCUT2D eigenvalue weighted by Crippen LogP contribution is 2.20. The van der Waals surface area contributed by atoms with Crippen LogP contribution in [-0.4, -0.2) is 5.91 Å². The second-order valence-electron chi connectivity index (χ2n) is 4.09. The fraction of sp³-hybridized carbons (Fsp3) is 0. The zero-order chi connectivity index (χ0) is 15.4. The molecular weight excluding hydrogens is 303 g/mol. The normalized spacial score (nSPS) is 10.9. The molecule has 0 aromatic heterocycles. The van der Waals surface area contributed by atoms with Crippen LogP contribution in [0, 0.1) is 17.5 Å². The number of anilines is 1. The quantitative estimate of drug-likeness (QED) is 0.836. The van der Waals surface area contributed by atoms with Crippen LogP contribution in [0.4, 0.5) is 18.9 Å². The summed E-state index contributed by atoms with van der Waals surface area (Å²) in [5, 5.41) is 2.48. The lowest BCUT2D eigenvalue weighted by Crippen LogP contribution is -2.08. The van der Waals surface area contributed by atoms with E-state index in [-0.39, 0.29) is 16.3 Å². The number of hydrogen-bond acceptors (Lipinski definition) is 1. The van der Waals surface area contributed by atoms with Crippen LogP contribution >= 0.6 is 11.6 Å². The summed E-state index contributed by atoms with van der Waals surface area (Å²) in [5.74, 6) is -3.28. The topological polar surface area (TPSA) is 29.1 Å². The lowest BCUT2D eigenvalue weighted by atomic mass is 10.2. The van der Waals surface area contributed by atoms with Gasteiger partial charge in [0, 0.05) is 23.4 Å². The van der Waals surface area contributed by atoms with Gasteiger partial charge in [-0.05, 0) is 30.3 Å². The molecule has 2 aromatic carbocycles. The van der Waals surface area contributed by atoms with E-state index in [0.717, 1.165) is 18.2 Å². The summed E-state index contributed by atoms with van der Waals surface area (Å²) >= 11 is 5.80. The van der Waals surface area contributed by atoms with Crippen LogP contribution in [0.2, 0.25) is 5.02 Å². The number of carbonyl (C=O) groups excluding carboxylic acids is 1. The highest BCUT2D eigenvalue weighted by atomic mass is 35.5. The van der Waals surface area contributed by atoms with Gasteiger partial charge in [-0.3, -0.25) is 4.79 Å². The first kappa shape index (κ1) is 15.1. The van der Waals surface area contributed by atoms with Crippen LogP contribution in [0.3, 0.4) is 0 Å². The molecular formula is C15H9ClF3NO. The van der Waals surface area contributed by atoms with Crippen molar-refractivity contribution < 1.29 is 18.0 Å². The zero-order valence-electron chi connectivity index (χ0n) is 10.5. The second kappa shape index (κ2) is 6.45. The monoisotopic (exact) mass is 311 g/mol. The molecule has 108 valence electrons. The molecule has 6 heteroatoms. The van der Waals surface area contributed by atoms with Gasteiger partial charge >= 0.3 is 0 Å². The van der Waals surface area contributed by atoms with Crippen molar-refractivity contribution in [3.8, 4) is 0 Å². The van der Waals surface area contributed by atoms with Gasteiger partial charge in [-0.2, -0.15) is 0 Å². The third-order valence-corrected chi connectivity index (χ3v) is 2.92. The maximum absolute atomic E-state index is 13.5. The maximum atomic E-state index is 13.5. The van der Waals surface area contributed by atoms with E-state index in [1.54, 1.807) is 0 Å². The molecule has 2 nitrogen and oxygen atoms in total. The van der Waals surface area contributed by atoms with Crippen molar-refractivity contribution in [2.45, 2.75) is 0 Å². The molecule has 2 aromatic rings. The highest BCUT2D eigenvalue weighted by molar-refractivity contribution is 6.32. The average molecular weight is 312 g/mol. The molecule has 0 fully saturated rings. The zero-order valence-corrected chi connectivity index (χ0v) is 11.3. The molecule has 0 atom stereocenters. The SMILES string of the molecule is O=C(C=Cc1c(F)cccc1Cl)Nc1ccc(F)c(F)c1. The molecule has 0 heterocycles. The van der Waals surface area contributed by atoms with E-state index in [4.69, 9.17) is 11.6 Å². The number of benzene rings is 2. The Bertz CT molecular complexity index is 696. The number of rotatable bonds is 3. The Morgan fingerprint density at radius 1 is 1.05 bits per heavy atom. The molecule has 2 rings (SSSR count). The standard InChI is InChI=1S/C15H9ClF3NO/c16-11-2-1-3-12(17)10(11)5-7-15(21)20-9-4-6-13(18)14(19)8-9/h1-8H,(H,20,21). The minimum atomic E-state index is -1.08. The molecule has 21 heavy (non-hydrogen) atoms. The van der Waals surface area contributed by atoms with Crippen LogP contribution in [-0.2, 0) is 4.79 Å². The molecule has 0 aliphatic carbocycles. The largest absolute Gasteiger partial charge is 0.322 e. The summed E-state index contributed by atoms with van der Waals surface area (Å²) in [6.45, 7) is 0. The predicted octanol–water partition coefficient (Wildman–Crippen LogP) is 4.41. The first-order chi connectivity index (χ1) is 9.97. The summed E-state index contributed by atoms with van der Waals surface area (Å²) in [6, 6.07) is 7.08. The van der Waals surface area contributed by atoms with E-state index in [0.29, 0.717) is 0 Å². The molecule has 0 spiro atoms. The Kier molecular flexibility index (Phi) is 4.65. The number of nitrogens with one attached hydrogen (secondary N) is 1. The van der Waals surface area contributed by atoms with Crippen molar-refractivity contribution >= 4 is 29.3 Å². The number of hydrogen-bond donors (Lipinski definition) is 1. The fourth-order valence-corrected chi connectivity index (χ4v) is 1.81. The van der Waals surface area contributed by atoms with Gasteiger partial charge in [0.1, 0.15) is 5.82 Å². The number of carbonyl (C=O) groups is 1. The summed E-state index contributed by atoms with van der Waals surface area (Å²) in [5.41, 5.74) is 0.155. The van der Waals surface area contributed by atoms with E-state index in [1.807, 2.05) is 0 Å². The lowest BCUT2D eigenvalue weighted by molar-refractivity contribution is -0.111. The average Bonchev–Trinajstić information content (AvgIpc) is 2.42. The molecule has 0 saturated heterocycles. The summed E-state index contributed by atoms with van der Waals surface area (Å²) in [6.07, 6.45) is 2.25. The van der Waals surface area contributed by atoms with E-state index >= 15 is 0 Å². The van der Waals surface area contributed by atoms with Gasteiger partial charge in [0.25, 0.3) is 0 Å². The minimum absolute atomic E-state index is 0.0691. The molecule has 0 saturated carbocycles. The first-order valence-electron chi connectivity index (χ1n) is 5.85. The molecule has 1 amide bonds. The Morgan fingerprint density at radius 2 is 1.81 bits per heavy atom. The van der Waals surface area contributed by atoms with Gasteiger partial charge in [-0.1, -0.05) is 17.7 Å². The van der Waals surface area contributed by atoms with Crippen LogP contribution in [0.25, 0.3) is 6.08 Å². The third kappa shape index (κ3) is 3.86. The molecule has 1 N–H and O–H groups in total.